The van der Waals surface area contributed by atoms with E-state index in [1.54, 1.807) is 6.08 Å². The number of nitrogens with zero attached hydrogens (tertiary/aromatic N) is 2. The number of aliphatic carboxylic acids is 1. The Morgan fingerprint density at radius 3 is 2.94 bits per heavy atom. The number of amides is 1. The lowest BCUT2D eigenvalue weighted by atomic mass is 9.92. The molecule has 0 aromatic heterocycles. The standard InChI is InChI=1S/C10H9ClN2O3/c1-10(9(15)16)4-8(14)12-7-3-2-6(11)5-13(7)10/h2-3,5H,4H2,1H3,(H,15,16)/p-1. The third-order valence-electron chi connectivity index (χ3n) is 2.60. The van der Waals surface area contributed by atoms with Gasteiger partial charge in [0, 0.05) is 6.20 Å². The molecule has 16 heavy (non-hydrogen) atoms. The van der Waals surface area contributed by atoms with Crippen LogP contribution in [-0.2, 0) is 9.59 Å². The second kappa shape index (κ2) is 3.45. The lowest BCUT2D eigenvalue weighted by Crippen LogP contribution is -2.61. The van der Waals surface area contributed by atoms with Crippen LogP contribution in [0.3, 0.4) is 0 Å². The summed E-state index contributed by atoms with van der Waals surface area (Å²) in [7, 11) is 0. The molecule has 0 aromatic rings. The van der Waals surface area contributed by atoms with Gasteiger partial charge in [0.25, 0.3) is 0 Å². The Labute approximate surface area is 96.7 Å². The zero-order chi connectivity index (χ0) is 11.9. The highest BCUT2D eigenvalue weighted by molar-refractivity contribution is 6.32. The van der Waals surface area contributed by atoms with Crippen LogP contribution < -0.4 is 5.11 Å². The number of carboxylic acids is 1. The van der Waals surface area contributed by atoms with Crippen LogP contribution in [-0.4, -0.2) is 28.2 Å². The highest BCUT2D eigenvalue weighted by Crippen LogP contribution is 2.29. The first-order valence-corrected chi connectivity index (χ1v) is 4.99. The Bertz CT molecular complexity index is 467. The van der Waals surface area contributed by atoms with E-state index in [-0.39, 0.29) is 12.3 Å². The number of rotatable bonds is 1. The van der Waals surface area contributed by atoms with Crippen LogP contribution in [0.5, 0.6) is 0 Å². The summed E-state index contributed by atoms with van der Waals surface area (Å²) in [6, 6.07) is 0. The zero-order valence-corrected chi connectivity index (χ0v) is 9.19. The largest absolute Gasteiger partial charge is 0.548 e. The summed E-state index contributed by atoms with van der Waals surface area (Å²) in [4.78, 5) is 27.5. The monoisotopic (exact) mass is 239 g/mol. The molecule has 0 N–H and O–H groups in total. The van der Waals surface area contributed by atoms with Crippen LogP contribution >= 0.6 is 11.6 Å². The average molecular weight is 240 g/mol. The number of fused-ring (bicyclic) bond motifs is 1. The minimum atomic E-state index is -1.43. The Balaban J connectivity index is 2.52. The molecule has 0 bridgehead atoms. The number of allylic oxidation sites excluding steroid dienone is 2. The number of hydrogen-bond acceptors (Lipinski definition) is 4. The SMILES string of the molecule is CC1(C(=O)[O-])CC(=O)N=C2C=CC(Cl)=CN21. The molecular formula is C10H8ClN2O3-. The van der Waals surface area contributed by atoms with Crippen LogP contribution in [0.15, 0.2) is 28.4 Å². The van der Waals surface area contributed by atoms with Gasteiger partial charge in [-0.3, -0.25) is 4.79 Å². The van der Waals surface area contributed by atoms with Crippen molar-refractivity contribution < 1.29 is 14.7 Å². The fourth-order valence-electron chi connectivity index (χ4n) is 1.67. The van der Waals surface area contributed by atoms with E-state index in [0.29, 0.717) is 5.03 Å². The maximum atomic E-state index is 11.3. The summed E-state index contributed by atoms with van der Waals surface area (Å²) < 4.78 is 0. The number of amidine groups is 1. The van der Waals surface area contributed by atoms with E-state index in [2.05, 4.69) is 4.99 Å². The quantitative estimate of drug-likeness (QED) is 0.634. The fraction of sp³-hybridized carbons (Fsp3) is 0.300. The van der Waals surface area contributed by atoms with Crippen molar-refractivity contribution >= 4 is 29.3 Å². The predicted octanol–water partition coefficient (Wildman–Crippen LogP) is -0.224. The van der Waals surface area contributed by atoms with E-state index in [1.165, 1.54) is 24.1 Å². The summed E-state index contributed by atoms with van der Waals surface area (Å²) in [6.07, 6.45) is 4.25. The van der Waals surface area contributed by atoms with Crippen LogP contribution in [0.1, 0.15) is 13.3 Å². The number of halogens is 1. The van der Waals surface area contributed by atoms with Gasteiger partial charge >= 0.3 is 0 Å². The molecule has 0 aliphatic carbocycles. The predicted molar refractivity (Wildman–Crippen MR) is 55.4 cm³/mol. The molecule has 0 fully saturated rings. The van der Waals surface area contributed by atoms with Crippen LogP contribution in [0.2, 0.25) is 0 Å². The van der Waals surface area contributed by atoms with Crippen molar-refractivity contribution in [2.45, 2.75) is 18.9 Å². The molecule has 1 amide bonds. The molecule has 0 saturated carbocycles. The zero-order valence-electron chi connectivity index (χ0n) is 8.44. The molecular weight excluding hydrogens is 232 g/mol. The summed E-state index contributed by atoms with van der Waals surface area (Å²) >= 11 is 5.78. The smallest absolute Gasteiger partial charge is 0.250 e. The van der Waals surface area contributed by atoms with Gasteiger partial charge in [-0.05, 0) is 19.1 Å². The van der Waals surface area contributed by atoms with Gasteiger partial charge in [-0.2, -0.15) is 4.99 Å². The molecule has 0 radical (unpaired) electrons. The maximum absolute atomic E-state index is 11.3. The first kappa shape index (κ1) is 10.9. The lowest BCUT2D eigenvalue weighted by Gasteiger charge is -2.43. The molecule has 6 heteroatoms. The number of carbonyl (C=O) groups is 2. The first-order chi connectivity index (χ1) is 7.43. The summed E-state index contributed by atoms with van der Waals surface area (Å²) in [5, 5.41) is 11.5. The van der Waals surface area contributed by atoms with Gasteiger partial charge in [-0.1, -0.05) is 11.6 Å². The fourth-order valence-corrected chi connectivity index (χ4v) is 1.83. The number of carbonyl (C=O) groups excluding carboxylic acids is 2. The van der Waals surface area contributed by atoms with Gasteiger partial charge in [0.1, 0.15) is 5.84 Å². The third-order valence-corrected chi connectivity index (χ3v) is 2.82. The highest BCUT2D eigenvalue weighted by Gasteiger charge is 2.40. The molecule has 2 aliphatic rings. The lowest BCUT2D eigenvalue weighted by molar-refractivity contribution is -0.316. The molecule has 0 aromatic carbocycles. The van der Waals surface area contributed by atoms with Gasteiger partial charge in [-0.25, -0.2) is 0 Å². The van der Waals surface area contributed by atoms with Crippen molar-refractivity contribution in [2.24, 2.45) is 4.99 Å². The van der Waals surface area contributed by atoms with Crippen molar-refractivity contribution in [3.8, 4) is 0 Å². The first-order valence-electron chi connectivity index (χ1n) is 4.61. The molecule has 2 aliphatic heterocycles. The van der Waals surface area contributed by atoms with Crippen molar-refractivity contribution in [1.82, 2.24) is 4.90 Å². The van der Waals surface area contributed by atoms with Crippen molar-refractivity contribution in [1.29, 1.82) is 0 Å². The van der Waals surface area contributed by atoms with E-state index >= 15 is 0 Å². The molecule has 0 saturated heterocycles. The van der Waals surface area contributed by atoms with Gasteiger partial charge in [0.15, 0.2) is 0 Å². The molecule has 1 unspecified atom stereocenters. The van der Waals surface area contributed by atoms with E-state index < -0.39 is 17.4 Å². The van der Waals surface area contributed by atoms with Gasteiger partial charge in [-0.15, -0.1) is 0 Å². The van der Waals surface area contributed by atoms with Crippen molar-refractivity contribution in [3.63, 3.8) is 0 Å². The Hall–Kier alpha value is -1.62. The number of carboxylic acid groups (broad SMARTS) is 1. The summed E-state index contributed by atoms with van der Waals surface area (Å²) in [5.41, 5.74) is -1.43. The summed E-state index contributed by atoms with van der Waals surface area (Å²) in [6.45, 7) is 1.41. The maximum Gasteiger partial charge on any atom is 0.250 e. The van der Waals surface area contributed by atoms with Crippen molar-refractivity contribution in [3.05, 3.63) is 23.4 Å². The summed E-state index contributed by atoms with van der Waals surface area (Å²) in [5.74, 6) is -1.54. The molecule has 5 nitrogen and oxygen atoms in total. The van der Waals surface area contributed by atoms with Crippen molar-refractivity contribution in [2.75, 3.05) is 0 Å². The number of hydrogen-bond donors (Lipinski definition) is 0. The van der Waals surface area contributed by atoms with Crippen LogP contribution in [0.25, 0.3) is 0 Å². The third kappa shape index (κ3) is 1.53. The van der Waals surface area contributed by atoms with E-state index in [9.17, 15) is 14.7 Å². The van der Waals surface area contributed by atoms with Crippen LogP contribution in [0.4, 0.5) is 0 Å². The van der Waals surface area contributed by atoms with E-state index in [0.717, 1.165) is 0 Å². The molecule has 2 heterocycles. The Kier molecular flexibility index (Phi) is 2.35. The second-order valence-corrected chi connectivity index (χ2v) is 4.26. The van der Waals surface area contributed by atoms with Crippen LogP contribution in [0, 0.1) is 0 Å². The molecule has 2 rings (SSSR count). The van der Waals surface area contributed by atoms with Gasteiger partial charge in [0.05, 0.1) is 23.0 Å². The molecule has 1 atom stereocenters. The average Bonchev–Trinajstić information content (AvgIpc) is 2.19. The van der Waals surface area contributed by atoms with E-state index in [4.69, 9.17) is 11.6 Å². The second-order valence-electron chi connectivity index (χ2n) is 3.82. The topological polar surface area (TPSA) is 72.8 Å². The molecule has 84 valence electrons. The Morgan fingerprint density at radius 1 is 1.62 bits per heavy atom. The van der Waals surface area contributed by atoms with Gasteiger partial charge in [0.2, 0.25) is 5.91 Å². The van der Waals surface area contributed by atoms with Gasteiger partial charge < -0.3 is 14.8 Å². The minimum absolute atomic E-state index is 0.229. The Morgan fingerprint density at radius 2 is 2.31 bits per heavy atom. The highest BCUT2D eigenvalue weighted by atomic mass is 35.5. The minimum Gasteiger partial charge on any atom is -0.548 e. The molecule has 0 spiro atoms. The normalized spacial score (nSPS) is 28.4. The number of aliphatic imine (C=N–C) groups is 1. The van der Waals surface area contributed by atoms with E-state index in [1.807, 2.05) is 0 Å².